The van der Waals surface area contributed by atoms with Gasteiger partial charge < -0.3 is 10.1 Å². The van der Waals surface area contributed by atoms with E-state index in [0.29, 0.717) is 11.6 Å². The van der Waals surface area contributed by atoms with Crippen molar-refractivity contribution in [3.05, 3.63) is 24.0 Å². The maximum Gasteiger partial charge on any atom is 0.177 e. The second-order valence-corrected chi connectivity index (χ2v) is 3.60. The standard InChI is InChI=1S/C11H16FNO/c1-8(2)7-13-10-6-4-5-9(12)11(10)14-3/h4-6,8,13H,7H2,1-3H3. The van der Waals surface area contributed by atoms with E-state index in [2.05, 4.69) is 19.2 Å². The van der Waals surface area contributed by atoms with Crippen molar-refractivity contribution in [3.8, 4) is 5.75 Å². The summed E-state index contributed by atoms with van der Waals surface area (Å²) in [4.78, 5) is 0. The van der Waals surface area contributed by atoms with Gasteiger partial charge in [0, 0.05) is 6.54 Å². The molecule has 0 aliphatic rings. The van der Waals surface area contributed by atoms with E-state index >= 15 is 0 Å². The maximum atomic E-state index is 13.2. The number of hydrogen-bond acceptors (Lipinski definition) is 2. The van der Waals surface area contributed by atoms with E-state index in [9.17, 15) is 4.39 Å². The molecular formula is C11H16FNO. The Morgan fingerprint density at radius 2 is 2.14 bits per heavy atom. The number of nitrogens with one attached hydrogen (secondary N) is 1. The molecule has 0 aromatic heterocycles. The van der Waals surface area contributed by atoms with Crippen molar-refractivity contribution in [2.24, 2.45) is 5.92 Å². The van der Waals surface area contributed by atoms with Gasteiger partial charge >= 0.3 is 0 Å². The molecule has 1 N–H and O–H groups in total. The van der Waals surface area contributed by atoms with Crippen molar-refractivity contribution in [1.29, 1.82) is 0 Å². The molecule has 0 aliphatic carbocycles. The Balaban J connectivity index is 2.80. The van der Waals surface area contributed by atoms with Crippen LogP contribution in [0.3, 0.4) is 0 Å². The van der Waals surface area contributed by atoms with E-state index < -0.39 is 0 Å². The molecule has 14 heavy (non-hydrogen) atoms. The van der Waals surface area contributed by atoms with Crippen LogP contribution >= 0.6 is 0 Å². The zero-order valence-corrected chi connectivity index (χ0v) is 8.80. The largest absolute Gasteiger partial charge is 0.492 e. The first kappa shape index (κ1) is 10.8. The molecule has 0 fully saturated rings. The highest BCUT2D eigenvalue weighted by Crippen LogP contribution is 2.27. The highest BCUT2D eigenvalue weighted by atomic mass is 19.1. The number of methoxy groups -OCH3 is 1. The molecule has 0 spiro atoms. The number of hydrogen-bond donors (Lipinski definition) is 1. The van der Waals surface area contributed by atoms with Crippen LogP contribution in [0.15, 0.2) is 18.2 Å². The molecule has 1 aromatic carbocycles. The van der Waals surface area contributed by atoms with Gasteiger partial charge in [0.25, 0.3) is 0 Å². The lowest BCUT2D eigenvalue weighted by molar-refractivity contribution is 0.388. The first-order valence-corrected chi connectivity index (χ1v) is 4.71. The van der Waals surface area contributed by atoms with E-state index in [0.717, 1.165) is 6.54 Å². The van der Waals surface area contributed by atoms with Gasteiger partial charge in [-0.1, -0.05) is 19.9 Å². The topological polar surface area (TPSA) is 21.3 Å². The van der Waals surface area contributed by atoms with Crippen molar-refractivity contribution >= 4 is 5.69 Å². The molecule has 1 rings (SSSR count). The van der Waals surface area contributed by atoms with Crippen LogP contribution in [0.4, 0.5) is 10.1 Å². The van der Waals surface area contributed by atoms with Crippen LogP contribution in [0, 0.1) is 11.7 Å². The summed E-state index contributed by atoms with van der Waals surface area (Å²) in [6.07, 6.45) is 0. The van der Waals surface area contributed by atoms with Crippen LogP contribution in [-0.2, 0) is 0 Å². The fraction of sp³-hybridized carbons (Fsp3) is 0.455. The summed E-state index contributed by atoms with van der Waals surface area (Å²) in [6, 6.07) is 4.87. The summed E-state index contributed by atoms with van der Waals surface area (Å²) in [5, 5.41) is 3.14. The van der Waals surface area contributed by atoms with Crippen molar-refractivity contribution in [3.63, 3.8) is 0 Å². The van der Waals surface area contributed by atoms with Gasteiger partial charge in [-0.3, -0.25) is 0 Å². The third-order valence-electron chi connectivity index (χ3n) is 1.87. The number of para-hydroxylation sites is 1. The fourth-order valence-corrected chi connectivity index (χ4v) is 1.17. The van der Waals surface area contributed by atoms with Crippen molar-refractivity contribution in [2.45, 2.75) is 13.8 Å². The lowest BCUT2D eigenvalue weighted by Crippen LogP contribution is -2.09. The van der Waals surface area contributed by atoms with Gasteiger partial charge in [-0.25, -0.2) is 4.39 Å². The van der Waals surface area contributed by atoms with Gasteiger partial charge in [-0.15, -0.1) is 0 Å². The van der Waals surface area contributed by atoms with Crippen LogP contribution < -0.4 is 10.1 Å². The van der Waals surface area contributed by atoms with E-state index in [-0.39, 0.29) is 11.6 Å². The molecule has 1 aromatic rings. The highest BCUT2D eigenvalue weighted by Gasteiger charge is 2.07. The number of rotatable bonds is 4. The minimum Gasteiger partial charge on any atom is -0.492 e. The Bertz CT molecular complexity index is 299. The molecule has 0 atom stereocenters. The van der Waals surface area contributed by atoms with Gasteiger partial charge in [0.2, 0.25) is 0 Å². The Morgan fingerprint density at radius 3 is 2.71 bits per heavy atom. The predicted molar refractivity (Wildman–Crippen MR) is 56.3 cm³/mol. The first-order valence-electron chi connectivity index (χ1n) is 4.71. The maximum absolute atomic E-state index is 13.2. The third-order valence-corrected chi connectivity index (χ3v) is 1.87. The Kier molecular flexibility index (Phi) is 3.74. The Hall–Kier alpha value is -1.25. The summed E-state index contributed by atoms with van der Waals surface area (Å²) in [6.45, 7) is 5.00. The predicted octanol–water partition coefficient (Wildman–Crippen LogP) is 2.90. The lowest BCUT2D eigenvalue weighted by Gasteiger charge is -2.12. The molecule has 0 heterocycles. The number of benzene rings is 1. The molecule has 0 bridgehead atoms. The summed E-state index contributed by atoms with van der Waals surface area (Å²) >= 11 is 0. The molecule has 2 nitrogen and oxygen atoms in total. The fourth-order valence-electron chi connectivity index (χ4n) is 1.17. The lowest BCUT2D eigenvalue weighted by atomic mass is 10.2. The number of halogens is 1. The minimum absolute atomic E-state index is 0.285. The van der Waals surface area contributed by atoms with Crippen LogP contribution in [0.25, 0.3) is 0 Å². The van der Waals surface area contributed by atoms with Gasteiger partial charge in [0.1, 0.15) is 0 Å². The molecule has 0 saturated carbocycles. The summed E-state index contributed by atoms with van der Waals surface area (Å²) in [7, 11) is 1.47. The van der Waals surface area contributed by atoms with E-state index in [1.807, 2.05) is 6.07 Å². The van der Waals surface area contributed by atoms with Gasteiger partial charge in [0.05, 0.1) is 12.8 Å². The summed E-state index contributed by atoms with van der Waals surface area (Å²) in [5.74, 6) is 0.470. The zero-order valence-electron chi connectivity index (χ0n) is 8.80. The van der Waals surface area contributed by atoms with Crippen molar-refractivity contribution in [1.82, 2.24) is 0 Å². The molecule has 0 amide bonds. The summed E-state index contributed by atoms with van der Waals surface area (Å²) in [5.41, 5.74) is 0.709. The SMILES string of the molecule is COc1c(F)cccc1NCC(C)C. The molecular weight excluding hydrogens is 181 g/mol. The van der Waals surface area contributed by atoms with Crippen molar-refractivity contribution in [2.75, 3.05) is 19.0 Å². The highest BCUT2D eigenvalue weighted by molar-refractivity contribution is 5.56. The molecule has 78 valence electrons. The molecule has 0 saturated heterocycles. The Labute approximate surface area is 84.1 Å². The number of anilines is 1. The molecule has 0 aliphatic heterocycles. The van der Waals surface area contributed by atoms with E-state index in [1.165, 1.54) is 13.2 Å². The van der Waals surface area contributed by atoms with Crippen LogP contribution in [0.5, 0.6) is 5.75 Å². The van der Waals surface area contributed by atoms with Crippen LogP contribution in [0.2, 0.25) is 0 Å². The van der Waals surface area contributed by atoms with E-state index in [1.54, 1.807) is 6.07 Å². The Morgan fingerprint density at radius 1 is 1.43 bits per heavy atom. The van der Waals surface area contributed by atoms with Gasteiger partial charge in [-0.2, -0.15) is 0 Å². The normalized spacial score (nSPS) is 10.4. The minimum atomic E-state index is -0.332. The third kappa shape index (κ3) is 2.62. The monoisotopic (exact) mass is 197 g/mol. The molecule has 0 radical (unpaired) electrons. The van der Waals surface area contributed by atoms with Gasteiger partial charge in [-0.05, 0) is 18.1 Å². The molecule has 3 heteroatoms. The average Bonchev–Trinajstić information content (AvgIpc) is 2.14. The first-order chi connectivity index (χ1) is 6.65. The van der Waals surface area contributed by atoms with Gasteiger partial charge in [0.15, 0.2) is 11.6 Å². The van der Waals surface area contributed by atoms with Crippen molar-refractivity contribution < 1.29 is 9.13 Å². The van der Waals surface area contributed by atoms with E-state index in [4.69, 9.17) is 4.74 Å². The summed E-state index contributed by atoms with van der Waals surface area (Å²) < 4.78 is 18.2. The molecule has 0 unspecified atom stereocenters. The quantitative estimate of drug-likeness (QED) is 0.801. The smallest absolute Gasteiger partial charge is 0.177 e. The van der Waals surface area contributed by atoms with Crippen LogP contribution in [-0.4, -0.2) is 13.7 Å². The average molecular weight is 197 g/mol. The van der Waals surface area contributed by atoms with Crippen LogP contribution in [0.1, 0.15) is 13.8 Å². The second-order valence-electron chi connectivity index (χ2n) is 3.60. The second kappa shape index (κ2) is 4.84. The number of ether oxygens (including phenoxy) is 1. The zero-order chi connectivity index (χ0) is 10.6.